The molecule has 0 aromatic rings. The summed E-state index contributed by atoms with van der Waals surface area (Å²) in [7, 11) is -1.44. The van der Waals surface area contributed by atoms with Gasteiger partial charge in [-0.05, 0) is 32.5 Å². The smallest absolute Gasteiger partial charge is 0.184 e. The first-order valence-electron chi connectivity index (χ1n) is 6.43. The molecule has 0 aliphatic carbocycles. The molecule has 0 spiro atoms. The van der Waals surface area contributed by atoms with Gasteiger partial charge in [-0.25, -0.2) is 0 Å². The quantitative estimate of drug-likeness (QED) is 0.380. The van der Waals surface area contributed by atoms with Crippen molar-refractivity contribution >= 4 is 8.32 Å². The summed E-state index contributed by atoms with van der Waals surface area (Å²) < 4.78 is 6.14. The van der Waals surface area contributed by atoms with Gasteiger partial charge in [0.2, 0.25) is 0 Å². The average molecular weight is 244 g/mol. The van der Waals surface area contributed by atoms with Crippen LogP contribution >= 0.6 is 0 Å². The van der Waals surface area contributed by atoms with Crippen molar-refractivity contribution in [2.24, 2.45) is 0 Å². The van der Waals surface area contributed by atoms with Crippen LogP contribution in [0.3, 0.4) is 0 Å². The minimum Gasteiger partial charge on any atom is -0.414 e. The summed E-state index contributed by atoms with van der Waals surface area (Å²) in [6.45, 7) is 9.05. The third-order valence-electron chi connectivity index (χ3n) is 2.32. The van der Waals surface area contributed by atoms with Crippen molar-refractivity contribution in [1.29, 1.82) is 0 Å². The molecule has 1 atom stereocenters. The van der Waals surface area contributed by atoms with E-state index in [-0.39, 0.29) is 6.61 Å². The highest BCUT2D eigenvalue weighted by Gasteiger charge is 2.19. The molecule has 3 heteroatoms. The van der Waals surface area contributed by atoms with E-state index in [4.69, 9.17) is 9.53 Å². The van der Waals surface area contributed by atoms with Gasteiger partial charge in [-0.1, -0.05) is 38.3 Å². The maximum Gasteiger partial charge on any atom is 0.184 e. The van der Waals surface area contributed by atoms with Crippen LogP contribution in [0.4, 0.5) is 0 Å². The molecule has 0 radical (unpaired) electrons. The van der Waals surface area contributed by atoms with Crippen molar-refractivity contribution in [3.63, 3.8) is 0 Å². The summed E-state index contributed by atoms with van der Waals surface area (Å²) in [4.78, 5) is 0. The van der Waals surface area contributed by atoms with Gasteiger partial charge in [0.05, 0.1) is 6.61 Å². The van der Waals surface area contributed by atoms with Gasteiger partial charge in [0, 0.05) is 6.10 Å². The summed E-state index contributed by atoms with van der Waals surface area (Å²) in [5.74, 6) is 0. The van der Waals surface area contributed by atoms with Crippen LogP contribution in [-0.4, -0.2) is 26.1 Å². The second kappa shape index (κ2) is 8.96. The lowest BCUT2D eigenvalue weighted by atomic mass is 10.1. The van der Waals surface area contributed by atoms with Gasteiger partial charge in [0.25, 0.3) is 0 Å². The van der Waals surface area contributed by atoms with Crippen molar-refractivity contribution < 1.29 is 9.53 Å². The summed E-state index contributed by atoms with van der Waals surface area (Å²) in [5.41, 5.74) is 0. The molecule has 1 N–H and O–H groups in total. The van der Waals surface area contributed by atoms with Crippen molar-refractivity contribution in [2.45, 2.75) is 64.8 Å². The zero-order valence-electron chi connectivity index (χ0n) is 11.3. The SMILES string of the molecule is CCCCCC(CC=CCO)O[Si](C)(C)C. The van der Waals surface area contributed by atoms with Crippen LogP contribution in [0.15, 0.2) is 12.2 Å². The molecule has 2 nitrogen and oxygen atoms in total. The van der Waals surface area contributed by atoms with Gasteiger partial charge in [0.1, 0.15) is 0 Å². The average Bonchev–Trinajstić information content (AvgIpc) is 2.16. The molecule has 0 fully saturated rings. The first kappa shape index (κ1) is 15.9. The number of unbranched alkanes of at least 4 members (excludes halogenated alkanes) is 2. The van der Waals surface area contributed by atoms with E-state index in [1.807, 2.05) is 6.08 Å². The molecule has 0 aromatic heterocycles. The Hall–Kier alpha value is -0.123. The third-order valence-corrected chi connectivity index (χ3v) is 3.36. The highest BCUT2D eigenvalue weighted by atomic mass is 28.4. The molecule has 16 heavy (non-hydrogen) atoms. The first-order chi connectivity index (χ1) is 7.49. The Morgan fingerprint density at radius 2 is 1.88 bits per heavy atom. The Bertz CT molecular complexity index is 185. The predicted molar refractivity (Wildman–Crippen MR) is 73.2 cm³/mol. The predicted octanol–water partition coefficient (Wildman–Crippen LogP) is 3.73. The molecule has 1 unspecified atom stereocenters. The zero-order chi connectivity index (χ0) is 12.4. The molecule has 0 saturated heterocycles. The number of aliphatic hydroxyl groups excluding tert-OH is 1. The molecule has 0 amide bonds. The van der Waals surface area contributed by atoms with E-state index in [0.29, 0.717) is 6.10 Å². The molecule has 0 aliphatic rings. The van der Waals surface area contributed by atoms with E-state index in [0.717, 1.165) is 12.8 Å². The Kier molecular flexibility index (Phi) is 8.90. The van der Waals surface area contributed by atoms with Crippen LogP contribution in [0.2, 0.25) is 19.6 Å². The normalized spacial score (nSPS) is 14.6. The molecular weight excluding hydrogens is 216 g/mol. The van der Waals surface area contributed by atoms with Crippen molar-refractivity contribution in [2.75, 3.05) is 6.61 Å². The molecule has 96 valence electrons. The van der Waals surface area contributed by atoms with Gasteiger partial charge < -0.3 is 9.53 Å². The molecular formula is C13H28O2Si. The minimum atomic E-state index is -1.44. The van der Waals surface area contributed by atoms with E-state index in [9.17, 15) is 0 Å². The minimum absolute atomic E-state index is 0.134. The van der Waals surface area contributed by atoms with E-state index < -0.39 is 8.32 Å². The monoisotopic (exact) mass is 244 g/mol. The van der Waals surface area contributed by atoms with E-state index in [1.54, 1.807) is 6.08 Å². The fourth-order valence-electron chi connectivity index (χ4n) is 1.67. The van der Waals surface area contributed by atoms with Crippen molar-refractivity contribution in [1.82, 2.24) is 0 Å². The third kappa shape index (κ3) is 10.4. The Morgan fingerprint density at radius 3 is 2.38 bits per heavy atom. The maximum atomic E-state index is 8.71. The Labute approximate surface area is 102 Å². The standard InChI is InChI=1S/C13H28O2Si/c1-5-6-7-10-13(11-8-9-12-14)15-16(2,3)4/h8-9,13-14H,5-7,10-12H2,1-4H3. The van der Waals surface area contributed by atoms with Crippen LogP contribution < -0.4 is 0 Å². The second-order valence-corrected chi connectivity index (χ2v) is 9.70. The molecule has 0 bridgehead atoms. The zero-order valence-corrected chi connectivity index (χ0v) is 12.3. The summed E-state index contributed by atoms with van der Waals surface area (Å²) in [6, 6.07) is 0. The number of hydrogen-bond acceptors (Lipinski definition) is 2. The van der Waals surface area contributed by atoms with Crippen LogP contribution in [0.1, 0.15) is 39.0 Å². The number of aliphatic hydroxyl groups is 1. The Morgan fingerprint density at radius 1 is 1.19 bits per heavy atom. The van der Waals surface area contributed by atoms with Gasteiger partial charge in [0.15, 0.2) is 8.32 Å². The van der Waals surface area contributed by atoms with Gasteiger partial charge in [-0.2, -0.15) is 0 Å². The summed E-state index contributed by atoms with van der Waals surface area (Å²) in [5, 5.41) is 8.71. The number of hydrogen-bond donors (Lipinski definition) is 1. The second-order valence-electron chi connectivity index (χ2n) is 5.24. The molecule has 0 aromatic carbocycles. The van der Waals surface area contributed by atoms with Crippen LogP contribution in [0.5, 0.6) is 0 Å². The van der Waals surface area contributed by atoms with Gasteiger partial charge in [-0.3, -0.25) is 0 Å². The maximum absolute atomic E-state index is 8.71. The van der Waals surface area contributed by atoms with E-state index in [2.05, 4.69) is 26.6 Å². The molecule has 0 saturated carbocycles. The fourth-order valence-corrected chi connectivity index (χ4v) is 2.88. The van der Waals surface area contributed by atoms with E-state index in [1.165, 1.54) is 19.3 Å². The molecule has 0 rings (SSSR count). The lowest BCUT2D eigenvalue weighted by molar-refractivity contribution is 0.182. The summed E-state index contributed by atoms with van der Waals surface area (Å²) >= 11 is 0. The first-order valence-corrected chi connectivity index (χ1v) is 9.84. The molecule has 0 aliphatic heterocycles. The highest BCUT2D eigenvalue weighted by Crippen LogP contribution is 2.16. The van der Waals surface area contributed by atoms with Gasteiger partial charge in [-0.15, -0.1) is 0 Å². The van der Waals surface area contributed by atoms with Gasteiger partial charge >= 0.3 is 0 Å². The fraction of sp³-hybridized carbons (Fsp3) is 0.846. The largest absolute Gasteiger partial charge is 0.414 e. The van der Waals surface area contributed by atoms with E-state index >= 15 is 0 Å². The number of rotatable bonds is 9. The summed E-state index contributed by atoms with van der Waals surface area (Å²) in [6.07, 6.45) is 10.1. The molecule has 0 heterocycles. The van der Waals surface area contributed by atoms with Crippen molar-refractivity contribution in [3.8, 4) is 0 Å². The Balaban J connectivity index is 4.00. The lowest BCUT2D eigenvalue weighted by Crippen LogP contribution is -2.31. The lowest BCUT2D eigenvalue weighted by Gasteiger charge is -2.25. The van der Waals surface area contributed by atoms with Crippen LogP contribution in [-0.2, 0) is 4.43 Å². The topological polar surface area (TPSA) is 29.5 Å². The highest BCUT2D eigenvalue weighted by molar-refractivity contribution is 6.69. The van der Waals surface area contributed by atoms with Crippen LogP contribution in [0, 0.1) is 0 Å². The van der Waals surface area contributed by atoms with Crippen LogP contribution in [0.25, 0.3) is 0 Å². The van der Waals surface area contributed by atoms with Crippen molar-refractivity contribution in [3.05, 3.63) is 12.2 Å².